The van der Waals surface area contributed by atoms with Gasteiger partial charge in [0.1, 0.15) is 0 Å². The molecular weight excluding hydrogens is 1160 g/mol. The molecule has 0 radical (unpaired) electrons. The Labute approximate surface area is 592 Å². The van der Waals surface area contributed by atoms with Crippen LogP contribution in [0.15, 0.2) is 333 Å². The van der Waals surface area contributed by atoms with Crippen LogP contribution in [0.1, 0.15) is 101 Å². The molecule has 2 nitrogen and oxygen atoms in total. The van der Waals surface area contributed by atoms with Crippen molar-refractivity contribution in [2.45, 2.75) is 57.8 Å². The molecule has 14 aromatic carbocycles. The molecule has 0 unspecified atom stereocenters. The van der Waals surface area contributed by atoms with E-state index < -0.39 is 132 Å². The van der Waals surface area contributed by atoms with E-state index in [9.17, 15) is 20.6 Å². The lowest BCUT2D eigenvalue weighted by Gasteiger charge is -2.47. The quantitative estimate of drug-likeness (QED) is 0.126. The Kier molecular flexibility index (Phi) is 9.95. The van der Waals surface area contributed by atoms with E-state index in [1.807, 2.05) is 191 Å². The zero-order valence-electron chi connectivity index (χ0n) is 72.8. The molecule has 0 N–H and O–H groups in total. The van der Waals surface area contributed by atoms with Gasteiger partial charge in [0.05, 0.1) is 42.8 Å². The minimum Gasteiger partial charge on any atom is -0.310 e. The molecule has 17 rings (SSSR count). The zero-order chi connectivity index (χ0) is 81.4. The van der Waals surface area contributed by atoms with Gasteiger partial charge in [0.2, 0.25) is 0 Å². The van der Waals surface area contributed by atoms with Crippen LogP contribution in [0.5, 0.6) is 0 Å². The maximum atomic E-state index is 10.2. The fraction of sp³-hybridized carbons (Fsp3) is 0.0968. The topological polar surface area (TPSA) is 6.48 Å². The monoisotopic (exact) mass is 1250 g/mol. The van der Waals surface area contributed by atoms with Crippen molar-refractivity contribution < 1.29 is 26.0 Å². The van der Waals surface area contributed by atoms with Crippen LogP contribution in [0.2, 0.25) is 0 Å². The summed E-state index contributed by atoms with van der Waals surface area (Å²) >= 11 is 0. The smallest absolute Gasteiger partial charge is 0.252 e. The normalized spacial score (nSPS) is 16.1. The van der Waals surface area contributed by atoms with Crippen molar-refractivity contribution >= 4 is 57.2 Å². The van der Waals surface area contributed by atoms with Gasteiger partial charge in [0.15, 0.2) is 0 Å². The number of benzene rings is 14. The second-order valence-electron chi connectivity index (χ2n) is 26.9. The highest BCUT2D eigenvalue weighted by atomic mass is 15.2. The summed E-state index contributed by atoms with van der Waals surface area (Å²) in [4.78, 5) is 3.97. The molecule has 0 atom stereocenters. The Bertz CT molecular complexity index is 6290. The molecule has 0 fully saturated rings. The molecule has 0 aromatic heterocycles. The lowest BCUT2D eigenvalue weighted by Crippen LogP contribution is -2.61. The lowest BCUT2D eigenvalue weighted by atomic mass is 9.33. The molecule has 0 saturated heterocycles. The third-order valence-electron chi connectivity index (χ3n) is 19.4. The van der Waals surface area contributed by atoms with Crippen molar-refractivity contribution in [3.8, 4) is 77.9 Å². The lowest BCUT2D eigenvalue weighted by molar-refractivity contribution is 0.590. The first kappa shape index (κ1) is 41.4. The predicted molar refractivity (Wildman–Crippen MR) is 408 cm³/mol. The molecule has 3 aliphatic rings. The summed E-state index contributed by atoms with van der Waals surface area (Å²) in [6.45, 7) is 10.8. The van der Waals surface area contributed by atoms with Gasteiger partial charge in [-0.3, -0.25) is 0 Å². The van der Waals surface area contributed by atoms with Crippen molar-refractivity contribution in [3.05, 3.63) is 367 Å². The van der Waals surface area contributed by atoms with Crippen molar-refractivity contribution in [1.82, 2.24) is 0 Å². The van der Waals surface area contributed by atoms with Gasteiger partial charge < -0.3 is 9.80 Å². The van der Waals surface area contributed by atoms with E-state index in [2.05, 4.69) is 60.7 Å². The third kappa shape index (κ3) is 9.54. The summed E-state index contributed by atoms with van der Waals surface area (Å²) in [5.41, 5.74) is 9.58. The van der Waals surface area contributed by atoms with Gasteiger partial charge in [0.25, 0.3) is 6.71 Å². The standard InChI is InChI=1S/C93H73BN2/c1-91(2,3)71-56-76(64-36-18-9-19-37-64)89(77(57-71)65-38-20-10-21-39-65)95-84-52-50-68(62-32-14-7-15-33-62)54-82(84)94-83-55-69(63-34-16-8-17-35-63)51-53-85(83)96(90-78(66-40-22-11-23-41-66)58-72(92(4,5)6)59-79(90)67-42-24-12-25-43-67)87-61-73(60-86(95)88(87)94)93(70-44-26-13-27-45-70)80-48-30-28-46-74(80)75-47-29-31-49-81(75)93/h7-61H,1-6H3/i9D,10D,11D,12D,18D,19D,20D,21D,22D,23D,24D,25D,36D,37D,38D,39D,40D,41D,42D. The Morgan fingerprint density at radius 3 is 1.07 bits per heavy atom. The van der Waals surface area contributed by atoms with Gasteiger partial charge in [-0.15, -0.1) is 0 Å². The largest absolute Gasteiger partial charge is 0.310 e. The number of anilines is 6. The molecular formula is C93H73BN2. The van der Waals surface area contributed by atoms with Gasteiger partial charge in [0, 0.05) is 45.0 Å². The summed E-state index contributed by atoms with van der Waals surface area (Å²) in [6, 6.07) is 59.8. The summed E-state index contributed by atoms with van der Waals surface area (Å²) < 4.78 is 184. The summed E-state index contributed by atoms with van der Waals surface area (Å²) in [6.07, 6.45) is 0. The zero-order valence-corrected chi connectivity index (χ0v) is 53.8. The van der Waals surface area contributed by atoms with E-state index in [0.29, 0.717) is 55.8 Å². The number of fused-ring (bicyclic) bond motifs is 7. The molecule has 0 amide bonds. The Hall–Kier alpha value is -11.3. The SMILES string of the molecule is [2H]c1cc(-c2cc(C(C)(C)C)cc(-c3c([2H])c([2H])c([2H])c([2H])c3[2H])c2N2c3ccc(-c4ccccc4)cc3B3c4cc(-c5ccccc5)ccc4N(c4c(-c5c([2H])c([2H])c([2H])c([2H])c5[2H])cc(C(C)(C)C)cc4-c4c([2H])c([2H])c([2H])c([2H])c4[2H])c4cc(C5(c6ccccc6)c6ccccc6-c6ccccc65)cc2c43)c([2H])c([2H])c1[2H]. The highest BCUT2D eigenvalue weighted by Gasteiger charge is 2.51. The fourth-order valence-electron chi connectivity index (χ4n) is 15.0. The van der Waals surface area contributed by atoms with E-state index in [4.69, 9.17) is 5.48 Å². The molecule has 14 aromatic rings. The van der Waals surface area contributed by atoms with Crippen LogP contribution < -0.4 is 26.2 Å². The number of hydrogen-bond donors (Lipinski definition) is 0. The van der Waals surface area contributed by atoms with Crippen molar-refractivity contribution in [2.24, 2.45) is 0 Å². The van der Waals surface area contributed by atoms with E-state index >= 15 is 0 Å². The highest BCUT2D eigenvalue weighted by molar-refractivity contribution is 7.00. The Morgan fingerprint density at radius 2 is 0.656 bits per heavy atom. The predicted octanol–water partition coefficient (Wildman–Crippen LogP) is 22.7. The van der Waals surface area contributed by atoms with Crippen molar-refractivity contribution in [1.29, 1.82) is 0 Å². The maximum Gasteiger partial charge on any atom is 0.252 e. The molecule has 2 aliphatic heterocycles. The molecule has 2 heterocycles. The minimum atomic E-state index is -1.34. The van der Waals surface area contributed by atoms with Gasteiger partial charge in [-0.1, -0.05) is 326 Å². The second-order valence-corrected chi connectivity index (χ2v) is 26.9. The van der Waals surface area contributed by atoms with Gasteiger partial charge in [-0.25, -0.2) is 0 Å². The molecule has 96 heavy (non-hydrogen) atoms. The van der Waals surface area contributed by atoms with E-state index in [0.717, 1.165) is 50.1 Å². The Balaban J connectivity index is 1.19. The highest BCUT2D eigenvalue weighted by Crippen LogP contribution is 2.60. The second kappa shape index (κ2) is 23.0. The molecule has 1 aliphatic carbocycles. The molecule has 458 valence electrons. The van der Waals surface area contributed by atoms with E-state index in [1.165, 1.54) is 6.07 Å². The molecule has 0 spiro atoms. The van der Waals surface area contributed by atoms with Crippen LogP contribution in [0.3, 0.4) is 0 Å². The van der Waals surface area contributed by atoms with Crippen LogP contribution in [0.25, 0.3) is 77.9 Å². The molecule has 3 heteroatoms. The minimum absolute atomic E-state index is 0.0136. The van der Waals surface area contributed by atoms with Crippen LogP contribution in [0.4, 0.5) is 34.1 Å². The van der Waals surface area contributed by atoms with Crippen LogP contribution >= 0.6 is 0 Å². The summed E-state index contributed by atoms with van der Waals surface area (Å²) in [5, 5.41) is 0. The number of rotatable bonds is 10. The fourth-order valence-corrected chi connectivity index (χ4v) is 15.0. The molecule has 0 bridgehead atoms. The number of nitrogens with zero attached hydrogens (tertiary/aromatic N) is 2. The van der Waals surface area contributed by atoms with Gasteiger partial charge in [-0.2, -0.15) is 0 Å². The van der Waals surface area contributed by atoms with Gasteiger partial charge in [-0.05, 0) is 165 Å². The first-order chi connectivity index (χ1) is 54.8. The summed E-state index contributed by atoms with van der Waals surface area (Å²) in [5.74, 6) is 0. The number of hydrogen-bond acceptors (Lipinski definition) is 2. The van der Waals surface area contributed by atoms with Gasteiger partial charge >= 0.3 is 0 Å². The van der Waals surface area contributed by atoms with Crippen molar-refractivity contribution in [2.75, 3.05) is 9.80 Å². The molecule has 0 saturated carbocycles. The first-order valence-electron chi connectivity index (χ1n) is 41.9. The van der Waals surface area contributed by atoms with Crippen LogP contribution in [0, 0.1) is 0 Å². The van der Waals surface area contributed by atoms with E-state index in [1.54, 1.807) is 12.1 Å². The van der Waals surface area contributed by atoms with Crippen LogP contribution in [-0.2, 0) is 16.2 Å². The average Bonchev–Trinajstić information content (AvgIpc) is 1.66. The first-order valence-corrected chi connectivity index (χ1v) is 32.4. The van der Waals surface area contributed by atoms with E-state index in [-0.39, 0.29) is 61.9 Å². The summed E-state index contributed by atoms with van der Waals surface area (Å²) in [7, 11) is 0. The maximum absolute atomic E-state index is 10.2. The average molecular weight is 1250 g/mol. The third-order valence-corrected chi connectivity index (χ3v) is 19.4. The van der Waals surface area contributed by atoms with Crippen molar-refractivity contribution in [3.63, 3.8) is 0 Å². The van der Waals surface area contributed by atoms with Crippen LogP contribution in [-0.4, -0.2) is 6.71 Å². The Morgan fingerprint density at radius 1 is 0.292 bits per heavy atom.